The van der Waals surface area contributed by atoms with Gasteiger partial charge in [-0.15, -0.1) is 11.3 Å². The van der Waals surface area contributed by atoms with E-state index in [1.54, 1.807) is 10.4 Å². The lowest BCUT2D eigenvalue weighted by Gasteiger charge is -2.44. The fourth-order valence-corrected chi connectivity index (χ4v) is 6.16. The molecule has 2 aromatic rings. The third-order valence-electron chi connectivity index (χ3n) is 4.28. The Bertz CT molecular complexity index is 797. The Morgan fingerprint density at radius 1 is 1.21 bits per heavy atom. The number of morpholine rings is 1. The standard InChI is InChI=1S/C18H23NO3S2/c1-14-9-10-17(23-14)24(20,21)19-12-16(22-13-18(19,2)3)11-15-7-5-4-6-8-15/h4-10,16H,11-13H2,1-3H3. The molecule has 1 aliphatic heterocycles. The Labute approximate surface area is 148 Å². The molecule has 1 atom stereocenters. The predicted octanol–water partition coefficient (Wildman–Crippen LogP) is 3.47. The number of nitrogens with zero attached hydrogens (tertiary/aromatic N) is 1. The minimum atomic E-state index is -3.50. The molecule has 0 saturated carbocycles. The molecule has 0 spiro atoms. The summed E-state index contributed by atoms with van der Waals surface area (Å²) in [6.07, 6.45) is 0.586. The fraction of sp³-hybridized carbons (Fsp3) is 0.444. The van der Waals surface area contributed by atoms with Crippen molar-refractivity contribution in [1.29, 1.82) is 0 Å². The number of aryl methyl sites for hydroxylation is 1. The van der Waals surface area contributed by atoms with E-state index in [2.05, 4.69) is 0 Å². The monoisotopic (exact) mass is 365 g/mol. The van der Waals surface area contributed by atoms with Crippen LogP contribution in [0.4, 0.5) is 0 Å². The number of hydrogen-bond acceptors (Lipinski definition) is 4. The first-order chi connectivity index (χ1) is 11.3. The van der Waals surface area contributed by atoms with Crippen molar-refractivity contribution in [2.75, 3.05) is 13.2 Å². The molecule has 130 valence electrons. The SMILES string of the molecule is Cc1ccc(S(=O)(=O)N2CC(Cc3ccccc3)OCC2(C)C)s1. The maximum absolute atomic E-state index is 13.1. The van der Waals surface area contributed by atoms with Gasteiger partial charge >= 0.3 is 0 Å². The van der Waals surface area contributed by atoms with Crippen LogP contribution in [0.1, 0.15) is 24.3 Å². The van der Waals surface area contributed by atoms with Crippen LogP contribution < -0.4 is 0 Å². The van der Waals surface area contributed by atoms with Gasteiger partial charge in [-0.2, -0.15) is 4.31 Å². The molecule has 1 aliphatic rings. The summed E-state index contributed by atoms with van der Waals surface area (Å²) in [6, 6.07) is 13.6. The van der Waals surface area contributed by atoms with E-state index in [1.165, 1.54) is 11.3 Å². The Kier molecular flexibility index (Phi) is 4.84. The minimum Gasteiger partial charge on any atom is -0.375 e. The number of ether oxygens (including phenoxy) is 1. The van der Waals surface area contributed by atoms with E-state index in [0.29, 0.717) is 23.8 Å². The van der Waals surface area contributed by atoms with Gasteiger partial charge in [-0.05, 0) is 44.9 Å². The van der Waals surface area contributed by atoms with Crippen molar-refractivity contribution in [1.82, 2.24) is 4.31 Å². The molecule has 1 unspecified atom stereocenters. The Morgan fingerprint density at radius 2 is 1.92 bits per heavy atom. The molecule has 0 radical (unpaired) electrons. The van der Waals surface area contributed by atoms with E-state index in [9.17, 15) is 8.42 Å². The van der Waals surface area contributed by atoms with Crippen LogP contribution in [0.15, 0.2) is 46.7 Å². The smallest absolute Gasteiger partial charge is 0.253 e. The average molecular weight is 366 g/mol. The largest absolute Gasteiger partial charge is 0.375 e. The maximum atomic E-state index is 13.1. The molecule has 2 heterocycles. The van der Waals surface area contributed by atoms with E-state index in [0.717, 1.165) is 10.4 Å². The van der Waals surface area contributed by atoms with E-state index < -0.39 is 15.6 Å². The van der Waals surface area contributed by atoms with Gasteiger partial charge in [0.15, 0.2) is 0 Å². The molecule has 24 heavy (non-hydrogen) atoms. The Hall–Kier alpha value is -1.21. The molecule has 6 heteroatoms. The lowest BCUT2D eigenvalue weighted by molar-refractivity contribution is -0.0628. The van der Waals surface area contributed by atoms with Gasteiger partial charge < -0.3 is 4.74 Å². The minimum absolute atomic E-state index is 0.128. The van der Waals surface area contributed by atoms with Gasteiger partial charge in [-0.3, -0.25) is 0 Å². The van der Waals surface area contributed by atoms with Crippen LogP contribution in [-0.2, 0) is 21.2 Å². The molecule has 1 fully saturated rings. The van der Waals surface area contributed by atoms with Gasteiger partial charge in [-0.25, -0.2) is 8.42 Å². The summed E-state index contributed by atoms with van der Waals surface area (Å²) in [4.78, 5) is 1.00. The molecule has 1 aromatic carbocycles. The van der Waals surface area contributed by atoms with Crippen molar-refractivity contribution >= 4 is 21.4 Å². The second-order valence-corrected chi connectivity index (χ2v) is 10.2. The predicted molar refractivity (Wildman–Crippen MR) is 96.9 cm³/mol. The molecule has 1 saturated heterocycles. The van der Waals surface area contributed by atoms with E-state index >= 15 is 0 Å². The zero-order valence-corrected chi connectivity index (χ0v) is 15.9. The second kappa shape index (κ2) is 6.59. The molecular weight excluding hydrogens is 342 g/mol. The molecule has 0 N–H and O–H groups in total. The van der Waals surface area contributed by atoms with Gasteiger partial charge in [-0.1, -0.05) is 30.3 Å². The molecule has 4 nitrogen and oxygen atoms in total. The first-order valence-corrected chi connectivity index (χ1v) is 10.3. The molecule has 0 amide bonds. The Morgan fingerprint density at radius 3 is 2.54 bits per heavy atom. The van der Waals surface area contributed by atoms with Gasteiger partial charge in [0.2, 0.25) is 0 Å². The second-order valence-electron chi connectivity index (χ2n) is 6.84. The van der Waals surface area contributed by atoms with Gasteiger partial charge in [0, 0.05) is 11.4 Å². The molecule has 0 bridgehead atoms. The zero-order valence-electron chi connectivity index (χ0n) is 14.2. The van der Waals surface area contributed by atoms with Crippen LogP contribution in [0.5, 0.6) is 0 Å². The van der Waals surface area contributed by atoms with Crippen LogP contribution in [0, 0.1) is 6.92 Å². The van der Waals surface area contributed by atoms with Crippen molar-refractivity contribution in [2.24, 2.45) is 0 Å². The first kappa shape index (κ1) is 17.6. The summed E-state index contributed by atoms with van der Waals surface area (Å²) in [7, 11) is -3.50. The van der Waals surface area contributed by atoms with Crippen LogP contribution >= 0.6 is 11.3 Å². The summed E-state index contributed by atoms with van der Waals surface area (Å²) in [6.45, 7) is 6.54. The summed E-state index contributed by atoms with van der Waals surface area (Å²) >= 11 is 1.32. The van der Waals surface area contributed by atoms with Crippen molar-refractivity contribution in [3.63, 3.8) is 0 Å². The molecule has 1 aromatic heterocycles. The molecular formula is C18H23NO3S2. The normalized spacial score (nSPS) is 21.7. The maximum Gasteiger partial charge on any atom is 0.253 e. The lowest BCUT2D eigenvalue weighted by atomic mass is 10.0. The third kappa shape index (κ3) is 3.57. The van der Waals surface area contributed by atoms with Crippen molar-refractivity contribution in [2.45, 2.75) is 43.0 Å². The zero-order chi connectivity index (χ0) is 17.4. The Balaban J connectivity index is 1.84. The van der Waals surface area contributed by atoms with Gasteiger partial charge in [0.25, 0.3) is 10.0 Å². The van der Waals surface area contributed by atoms with E-state index in [-0.39, 0.29) is 6.10 Å². The first-order valence-electron chi connectivity index (χ1n) is 8.04. The highest BCUT2D eigenvalue weighted by Gasteiger charge is 2.43. The summed E-state index contributed by atoms with van der Waals surface area (Å²) < 4.78 is 34.2. The van der Waals surface area contributed by atoms with Gasteiger partial charge in [0.05, 0.1) is 18.2 Å². The molecule has 3 rings (SSSR count). The number of sulfonamides is 1. The fourth-order valence-electron chi connectivity index (χ4n) is 2.96. The van der Waals surface area contributed by atoms with Gasteiger partial charge in [0.1, 0.15) is 4.21 Å². The topological polar surface area (TPSA) is 46.6 Å². The number of hydrogen-bond donors (Lipinski definition) is 0. The summed E-state index contributed by atoms with van der Waals surface area (Å²) in [5.74, 6) is 0. The third-order valence-corrected chi connectivity index (χ3v) is 7.83. The lowest BCUT2D eigenvalue weighted by Crippen LogP contribution is -2.58. The van der Waals surface area contributed by atoms with Crippen molar-refractivity contribution < 1.29 is 13.2 Å². The van der Waals surface area contributed by atoms with Crippen molar-refractivity contribution in [3.05, 3.63) is 52.9 Å². The quantitative estimate of drug-likeness (QED) is 0.833. The van der Waals surface area contributed by atoms with Crippen LogP contribution in [0.3, 0.4) is 0 Å². The number of rotatable bonds is 4. The highest BCUT2D eigenvalue weighted by Crippen LogP contribution is 2.33. The summed E-state index contributed by atoms with van der Waals surface area (Å²) in [5.41, 5.74) is 0.607. The van der Waals surface area contributed by atoms with E-state index in [1.807, 2.05) is 57.2 Å². The highest BCUT2D eigenvalue weighted by molar-refractivity contribution is 7.91. The average Bonchev–Trinajstić information content (AvgIpc) is 2.97. The summed E-state index contributed by atoms with van der Waals surface area (Å²) in [5, 5.41) is 0. The van der Waals surface area contributed by atoms with E-state index in [4.69, 9.17) is 4.74 Å². The van der Waals surface area contributed by atoms with Crippen LogP contribution in [0.25, 0.3) is 0 Å². The van der Waals surface area contributed by atoms with Crippen molar-refractivity contribution in [3.8, 4) is 0 Å². The van der Waals surface area contributed by atoms with Crippen LogP contribution in [0.2, 0.25) is 0 Å². The highest BCUT2D eigenvalue weighted by atomic mass is 32.2. The molecule has 0 aliphatic carbocycles. The van der Waals surface area contributed by atoms with Crippen LogP contribution in [-0.4, -0.2) is 37.5 Å². The number of thiophene rings is 1. The number of benzene rings is 1.